The van der Waals surface area contributed by atoms with Crippen molar-refractivity contribution in [2.45, 2.75) is 53.0 Å². The smallest absolute Gasteiger partial charge is 0.268 e. The molecular formula is C24H33N3O2. The number of Topliss-reactive ketones (excluding diaryl/α,β-unsaturated/α-hetero) is 1. The molecule has 2 N–H and O–H groups in total. The number of fused-ring (bicyclic) bond motifs is 1. The van der Waals surface area contributed by atoms with E-state index in [1.807, 2.05) is 21.0 Å². The Balaban J connectivity index is 1.77. The van der Waals surface area contributed by atoms with Gasteiger partial charge in [0.25, 0.3) is 5.91 Å². The lowest BCUT2D eigenvalue weighted by Gasteiger charge is -2.28. The minimum Gasteiger partial charge on any atom is -0.354 e. The van der Waals surface area contributed by atoms with Gasteiger partial charge >= 0.3 is 0 Å². The Morgan fingerprint density at radius 1 is 1.21 bits per heavy atom. The molecule has 1 atom stereocenters. The van der Waals surface area contributed by atoms with Crippen LogP contribution in [0, 0.1) is 12.3 Å². The molecule has 0 saturated heterocycles. The maximum atomic E-state index is 12.9. The van der Waals surface area contributed by atoms with E-state index in [4.69, 9.17) is 0 Å². The van der Waals surface area contributed by atoms with Crippen molar-refractivity contribution < 1.29 is 9.59 Å². The van der Waals surface area contributed by atoms with E-state index in [0.29, 0.717) is 24.2 Å². The number of ketones is 1. The van der Waals surface area contributed by atoms with E-state index in [1.165, 1.54) is 11.1 Å². The molecule has 5 heteroatoms. The largest absolute Gasteiger partial charge is 0.354 e. The molecule has 2 aromatic rings. The van der Waals surface area contributed by atoms with Crippen molar-refractivity contribution in [3.63, 3.8) is 0 Å². The summed E-state index contributed by atoms with van der Waals surface area (Å²) in [5, 5.41) is 3.07. The topological polar surface area (TPSA) is 65.2 Å². The number of rotatable bonds is 6. The summed E-state index contributed by atoms with van der Waals surface area (Å²) in [5.41, 5.74) is 5.30. The molecule has 5 nitrogen and oxygen atoms in total. The number of carbonyl (C=O) groups is 2. The third-order valence-electron chi connectivity index (χ3n) is 5.98. The number of nitrogens with zero attached hydrogens (tertiary/aromatic N) is 1. The number of carbonyl (C=O) groups excluding carboxylic acids is 2. The van der Waals surface area contributed by atoms with Gasteiger partial charge in [0.2, 0.25) is 0 Å². The van der Waals surface area contributed by atoms with E-state index in [2.05, 4.69) is 60.2 Å². The van der Waals surface area contributed by atoms with E-state index in [1.54, 1.807) is 0 Å². The van der Waals surface area contributed by atoms with E-state index in [9.17, 15) is 9.59 Å². The van der Waals surface area contributed by atoms with E-state index in [0.717, 1.165) is 24.1 Å². The van der Waals surface area contributed by atoms with Gasteiger partial charge in [-0.3, -0.25) is 9.59 Å². The minimum atomic E-state index is -0.153. The second-order valence-corrected chi connectivity index (χ2v) is 9.20. The van der Waals surface area contributed by atoms with Gasteiger partial charge in [0.1, 0.15) is 5.69 Å². The van der Waals surface area contributed by atoms with E-state index < -0.39 is 0 Å². The van der Waals surface area contributed by atoms with Crippen molar-refractivity contribution in [2.75, 3.05) is 20.6 Å². The first-order valence-corrected chi connectivity index (χ1v) is 10.4. The van der Waals surface area contributed by atoms with Gasteiger partial charge in [-0.2, -0.15) is 0 Å². The summed E-state index contributed by atoms with van der Waals surface area (Å²) in [5.74, 6) is -0.0224. The highest BCUT2D eigenvalue weighted by Crippen LogP contribution is 2.36. The average molecular weight is 396 g/mol. The van der Waals surface area contributed by atoms with Crippen molar-refractivity contribution >= 4 is 11.7 Å². The second kappa shape index (κ2) is 8.15. The molecule has 29 heavy (non-hydrogen) atoms. The summed E-state index contributed by atoms with van der Waals surface area (Å²) < 4.78 is 0. The molecule has 1 unspecified atom stereocenters. The molecule has 0 bridgehead atoms. The third kappa shape index (κ3) is 4.45. The zero-order valence-corrected chi connectivity index (χ0v) is 18.5. The molecule has 1 aromatic carbocycles. The third-order valence-corrected chi connectivity index (χ3v) is 5.98. The maximum Gasteiger partial charge on any atom is 0.268 e. The van der Waals surface area contributed by atoms with Crippen LogP contribution in [0.3, 0.4) is 0 Å². The molecular weight excluding hydrogens is 362 g/mol. The molecule has 0 radical (unpaired) electrons. The lowest BCUT2D eigenvalue weighted by Crippen LogP contribution is -2.35. The molecule has 0 fully saturated rings. The predicted molar refractivity (Wildman–Crippen MR) is 117 cm³/mol. The molecule has 1 aliphatic rings. The average Bonchev–Trinajstić information content (AvgIpc) is 2.97. The highest BCUT2D eigenvalue weighted by molar-refractivity contribution is 6.04. The fourth-order valence-corrected chi connectivity index (χ4v) is 4.31. The molecule has 1 aliphatic carbocycles. The summed E-state index contributed by atoms with van der Waals surface area (Å²) in [6, 6.07) is 8.63. The molecule has 156 valence electrons. The van der Waals surface area contributed by atoms with Crippen LogP contribution in [-0.2, 0) is 12.8 Å². The standard InChI is InChI=1S/C24H33N3O2/c1-7-16-8-10-17(11-9-16)19(27(5)6)14-25-23(29)22-15(2)21-18(26-22)12-24(3,4)13-20(21)28/h8-11,19,26H,7,12-14H2,1-6H3,(H,25,29). The normalized spacial score (nSPS) is 16.6. The van der Waals surface area contributed by atoms with Crippen LogP contribution in [-0.4, -0.2) is 42.2 Å². The molecule has 1 heterocycles. The van der Waals surface area contributed by atoms with Crippen molar-refractivity contribution in [3.05, 3.63) is 57.9 Å². The van der Waals surface area contributed by atoms with Crippen LogP contribution in [0.25, 0.3) is 0 Å². The molecule has 0 spiro atoms. The van der Waals surface area contributed by atoms with Crippen LogP contribution in [0.4, 0.5) is 0 Å². The zero-order chi connectivity index (χ0) is 21.3. The van der Waals surface area contributed by atoms with E-state index >= 15 is 0 Å². The van der Waals surface area contributed by atoms with Crippen LogP contribution in [0.15, 0.2) is 24.3 Å². The maximum absolute atomic E-state index is 12.9. The number of benzene rings is 1. The lowest BCUT2D eigenvalue weighted by molar-refractivity contribution is 0.0909. The Labute approximate surface area is 173 Å². The van der Waals surface area contributed by atoms with Gasteiger partial charge in [0, 0.05) is 24.2 Å². The fraction of sp³-hybridized carbons (Fsp3) is 0.500. The summed E-state index contributed by atoms with van der Waals surface area (Å²) in [7, 11) is 4.04. The van der Waals surface area contributed by atoms with Gasteiger partial charge in [-0.25, -0.2) is 0 Å². The highest BCUT2D eigenvalue weighted by atomic mass is 16.2. The molecule has 0 aliphatic heterocycles. The van der Waals surface area contributed by atoms with Gasteiger partial charge in [-0.1, -0.05) is 45.0 Å². The number of aromatic amines is 1. The quantitative estimate of drug-likeness (QED) is 0.775. The number of hydrogen-bond donors (Lipinski definition) is 2. The van der Waals surface area contributed by atoms with Crippen molar-refractivity contribution in [1.29, 1.82) is 0 Å². The first-order valence-electron chi connectivity index (χ1n) is 10.4. The Kier molecular flexibility index (Phi) is 5.99. The van der Waals surface area contributed by atoms with Crippen LogP contribution >= 0.6 is 0 Å². The lowest BCUT2D eigenvalue weighted by atomic mass is 9.75. The Bertz CT molecular complexity index is 907. The Morgan fingerprint density at radius 3 is 2.45 bits per heavy atom. The highest BCUT2D eigenvalue weighted by Gasteiger charge is 2.35. The van der Waals surface area contributed by atoms with Crippen LogP contribution in [0.5, 0.6) is 0 Å². The van der Waals surface area contributed by atoms with Gasteiger partial charge < -0.3 is 15.2 Å². The number of H-pyrrole nitrogens is 1. The van der Waals surface area contributed by atoms with Crippen molar-refractivity contribution in [2.24, 2.45) is 5.41 Å². The monoisotopic (exact) mass is 395 g/mol. The molecule has 1 aromatic heterocycles. The minimum absolute atomic E-state index is 0.0736. The number of likely N-dealkylation sites (N-methyl/N-ethyl adjacent to an activating group) is 1. The predicted octanol–water partition coefficient (Wildman–Crippen LogP) is 4.07. The van der Waals surface area contributed by atoms with Gasteiger partial charge in [-0.15, -0.1) is 0 Å². The van der Waals surface area contributed by atoms with Gasteiger partial charge in [0.05, 0.1) is 6.04 Å². The SMILES string of the molecule is CCc1ccc(C(CNC(=O)c2[nH]c3c(c2C)C(=O)CC(C)(C)C3)N(C)C)cc1. The van der Waals surface area contributed by atoms with Crippen molar-refractivity contribution in [3.8, 4) is 0 Å². The summed E-state index contributed by atoms with van der Waals surface area (Å²) in [4.78, 5) is 30.9. The molecule has 0 saturated carbocycles. The number of aryl methyl sites for hydroxylation is 1. The number of aromatic nitrogens is 1. The number of amides is 1. The van der Waals surface area contributed by atoms with Gasteiger partial charge in [-0.05, 0) is 56.0 Å². The van der Waals surface area contributed by atoms with Gasteiger partial charge in [0.15, 0.2) is 5.78 Å². The molecule has 1 amide bonds. The zero-order valence-electron chi connectivity index (χ0n) is 18.5. The summed E-state index contributed by atoms with van der Waals surface area (Å²) in [6.45, 7) is 8.69. The van der Waals surface area contributed by atoms with Crippen LogP contribution < -0.4 is 5.32 Å². The van der Waals surface area contributed by atoms with E-state index in [-0.39, 0.29) is 23.1 Å². The first-order chi connectivity index (χ1) is 13.6. The molecule has 3 rings (SSSR count). The second-order valence-electron chi connectivity index (χ2n) is 9.20. The summed E-state index contributed by atoms with van der Waals surface area (Å²) in [6.07, 6.45) is 2.32. The van der Waals surface area contributed by atoms with Crippen molar-refractivity contribution in [1.82, 2.24) is 15.2 Å². The Morgan fingerprint density at radius 2 is 1.86 bits per heavy atom. The number of nitrogens with one attached hydrogen (secondary N) is 2. The summed E-state index contributed by atoms with van der Waals surface area (Å²) >= 11 is 0. The first kappa shape index (κ1) is 21.3. The fourth-order valence-electron chi connectivity index (χ4n) is 4.31. The number of hydrogen-bond acceptors (Lipinski definition) is 3. The van der Waals surface area contributed by atoms with Crippen LogP contribution in [0.1, 0.15) is 76.5 Å². The Hall–Kier alpha value is -2.40. The van der Waals surface area contributed by atoms with Crippen LogP contribution in [0.2, 0.25) is 0 Å².